The molecule has 0 aliphatic heterocycles. The number of rotatable bonds is 4. The van der Waals surface area contributed by atoms with Crippen molar-refractivity contribution in [1.82, 2.24) is 0 Å². The standard InChI is InChI=1S/C11H13Cl2NO2/c1-3-14(7(2)11(15)16)10-5-4-8(12)6-9(10)13/h4-7H,3H2,1-2H3,(H,15,16)/t7-/m0/s1. The second kappa shape index (κ2) is 5.41. The van der Waals surface area contributed by atoms with Crippen molar-refractivity contribution in [3.05, 3.63) is 28.2 Å². The summed E-state index contributed by atoms with van der Waals surface area (Å²) in [4.78, 5) is 12.6. The number of hydrogen-bond donors (Lipinski definition) is 1. The molecule has 0 fully saturated rings. The molecule has 1 rings (SSSR count). The van der Waals surface area contributed by atoms with Gasteiger partial charge in [-0.05, 0) is 32.0 Å². The van der Waals surface area contributed by atoms with Gasteiger partial charge < -0.3 is 10.0 Å². The van der Waals surface area contributed by atoms with E-state index in [-0.39, 0.29) is 0 Å². The molecule has 3 nitrogen and oxygen atoms in total. The van der Waals surface area contributed by atoms with Crippen LogP contribution in [0.2, 0.25) is 10.0 Å². The van der Waals surface area contributed by atoms with Crippen LogP contribution in [0.1, 0.15) is 13.8 Å². The third kappa shape index (κ3) is 2.80. The Kier molecular flexibility index (Phi) is 4.44. The molecule has 0 spiro atoms. The Labute approximate surface area is 105 Å². The van der Waals surface area contributed by atoms with E-state index in [1.807, 2.05) is 6.92 Å². The average molecular weight is 262 g/mol. The number of hydrogen-bond acceptors (Lipinski definition) is 2. The quantitative estimate of drug-likeness (QED) is 0.905. The summed E-state index contributed by atoms with van der Waals surface area (Å²) in [5.41, 5.74) is 0.684. The van der Waals surface area contributed by atoms with Crippen LogP contribution in [-0.4, -0.2) is 23.7 Å². The number of carboxylic acids is 1. The molecule has 0 aliphatic rings. The van der Waals surface area contributed by atoms with Crippen molar-refractivity contribution in [2.45, 2.75) is 19.9 Å². The van der Waals surface area contributed by atoms with Crippen LogP contribution >= 0.6 is 23.2 Å². The second-order valence-electron chi connectivity index (χ2n) is 3.40. The lowest BCUT2D eigenvalue weighted by atomic mass is 10.2. The van der Waals surface area contributed by atoms with Crippen LogP contribution in [0.15, 0.2) is 18.2 Å². The lowest BCUT2D eigenvalue weighted by Crippen LogP contribution is -2.39. The lowest BCUT2D eigenvalue weighted by molar-refractivity contribution is -0.138. The molecule has 1 aromatic carbocycles. The minimum absolute atomic E-state index is 0.461. The molecule has 5 heteroatoms. The van der Waals surface area contributed by atoms with Gasteiger partial charge in [0.05, 0.1) is 10.7 Å². The van der Waals surface area contributed by atoms with Crippen molar-refractivity contribution >= 4 is 34.9 Å². The van der Waals surface area contributed by atoms with E-state index in [2.05, 4.69) is 0 Å². The number of benzene rings is 1. The smallest absolute Gasteiger partial charge is 0.326 e. The Hall–Kier alpha value is -0.930. The predicted molar refractivity (Wildman–Crippen MR) is 66.6 cm³/mol. The molecule has 1 N–H and O–H groups in total. The molecule has 16 heavy (non-hydrogen) atoms. The molecular formula is C11H13Cl2NO2. The van der Waals surface area contributed by atoms with Gasteiger partial charge in [-0.15, -0.1) is 0 Å². The summed E-state index contributed by atoms with van der Waals surface area (Å²) >= 11 is 11.8. The summed E-state index contributed by atoms with van der Waals surface area (Å²) in [7, 11) is 0. The van der Waals surface area contributed by atoms with E-state index in [0.717, 1.165) is 0 Å². The number of anilines is 1. The van der Waals surface area contributed by atoms with Gasteiger partial charge >= 0.3 is 5.97 Å². The number of aliphatic carboxylic acids is 1. The third-order valence-corrected chi connectivity index (χ3v) is 2.92. The Balaban J connectivity index is 3.08. The molecule has 1 aromatic rings. The first-order chi connectivity index (χ1) is 7.47. The number of halogens is 2. The molecular weight excluding hydrogens is 249 g/mol. The van der Waals surface area contributed by atoms with Gasteiger partial charge in [0.15, 0.2) is 0 Å². The van der Waals surface area contributed by atoms with Crippen LogP contribution in [0, 0.1) is 0 Å². The van der Waals surface area contributed by atoms with Gasteiger partial charge in [0.2, 0.25) is 0 Å². The zero-order chi connectivity index (χ0) is 12.3. The van der Waals surface area contributed by atoms with Crippen molar-refractivity contribution < 1.29 is 9.90 Å². The van der Waals surface area contributed by atoms with Crippen molar-refractivity contribution in [1.29, 1.82) is 0 Å². The maximum atomic E-state index is 10.9. The number of carbonyl (C=O) groups is 1. The predicted octanol–water partition coefficient (Wildman–Crippen LogP) is 3.29. The molecule has 1 atom stereocenters. The maximum Gasteiger partial charge on any atom is 0.326 e. The topological polar surface area (TPSA) is 40.5 Å². The molecule has 0 heterocycles. The summed E-state index contributed by atoms with van der Waals surface area (Å²) in [5, 5.41) is 9.98. The fourth-order valence-electron chi connectivity index (χ4n) is 1.50. The Morgan fingerprint density at radius 3 is 2.56 bits per heavy atom. The first-order valence-electron chi connectivity index (χ1n) is 4.91. The van der Waals surface area contributed by atoms with Crippen LogP contribution in [-0.2, 0) is 4.79 Å². The van der Waals surface area contributed by atoms with Crippen LogP contribution in [0.5, 0.6) is 0 Å². The van der Waals surface area contributed by atoms with E-state index in [4.69, 9.17) is 28.3 Å². The van der Waals surface area contributed by atoms with Crippen molar-refractivity contribution in [2.24, 2.45) is 0 Å². The van der Waals surface area contributed by atoms with Crippen molar-refractivity contribution in [3.63, 3.8) is 0 Å². The fourth-order valence-corrected chi connectivity index (χ4v) is 2.02. The van der Waals surface area contributed by atoms with Gasteiger partial charge in [-0.25, -0.2) is 4.79 Å². The molecule has 0 saturated carbocycles. The highest BCUT2D eigenvalue weighted by molar-refractivity contribution is 6.36. The van der Waals surface area contributed by atoms with Gasteiger partial charge in [0, 0.05) is 11.6 Å². The summed E-state index contributed by atoms with van der Waals surface area (Å²) in [6.45, 7) is 4.07. The highest BCUT2D eigenvalue weighted by Gasteiger charge is 2.21. The van der Waals surface area contributed by atoms with Crippen molar-refractivity contribution in [2.75, 3.05) is 11.4 Å². The fraction of sp³-hybridized carbons (Fsp3) is 0.364. The van der Waals surface area contributed by atoms with Gasteiger partial charge in [-0.1, -0.05) is 23.2 Å². The molecule has 0 aromatic heterocycles. The van der Waals surface area contributed by atoms with Crippen LogP contribution in [0.4, 0.5) is 5.69 Å². The van der Waals surface area contributed by atoms with Crippen LogP contribution in [0.3, 0.4) is 0 Å². The van der Waals surface area contributed by atoms with E-state index in [0.29, 0.717) is 22.3 Å². The van der Waals surface area contributed by atoms with E-state index in [1.54, 1.807) is 30.0 Å². The minimum atomic E-state index is -0.882. The number of carboxylic acid groups (broad SMARTS) is 1. The molecule has 0 amide bonds. The van der Waals surface area contributed by atoms with Gasteiger partial charge in [-0.2, -0.15) is 0 Å². The SMILES string of the molecule is CCN(c1ccc(Cl)cc1Cl)[C@@H](C)C(=O)O. The van der Waals surface area contributed by atoms with Gasteiger partial charge in [0.25, 0.3) is 0 Å². The summed E-state index contributed by atoms with van der Waals surface area (Å²) < 4.78 is 0. The number of likely N-dealkylation sites (N-methyl/N-ethyl adjacent to an activating group) is 1. The first kappa shape index (κ1) is 13.1. The average Bonchev–Trinajstić information content (AvgIpc) is 2.21. The Bertz CT molecular complexity index is 396. The van der Waals surface area contributed by atoms with Gasteiger partial charge in [-0.3, -0.25) is 0 Å². The largest absolute Gasteiger partial charge is 0.480 e. The summed E-state index contributed by atoms with van der Waals surface area (Å²) in [6, 6.07) is 4.41. The van der Waals surface area contributed by atoms with Crippen LogP contribution in [0.25, 0.3) is 0 Å². The molecule has 0 unspecified atom stereocenters. The van der Waals surface area contributed by atoms with E-state index in [9.17, 15) is 4.79 Å². The zero-order valence-corrected chi connectivity index (χ0v) is 10.6. The van der Waals surface area contributed by atoms with Gasteiger partial charge in [0.1, 0.15) is 6.04 Å². The molecule has 0 saturated heterocycles. The number of nitrogens with zero attached hydrogens (tertiary/aromatic N) is 1. The third-order valence-electron chi connectivity index (χ3n) is 2.38. The Morgan fingerprint density at radius 2 is 2.12 bits per heavy atom. The molecule has 0 aliphatic carbocycles. The minimum Gasteiger partial charge on any atom is -0.480 e. The van der Waals surface area contributed by atoms with E-state index >= 15 is 0 Å². The highest BCUT2D eigenvalue weighted by Crippen LogP contribution is 2.29. The lowest BCUT2D eigenvalue weighted by Gasteiger charge is -2.28. The second-order valence-corrected chi connectivity index (χ2v) is 4.24. The highest BCUT2D eigenvalue weighted by atomic mass is 35.5. The summed E-state index contributed by atoms with van der Waals surface area (Å²) in [5.74, 6) is -0.882. The van der Waals surface area contributed by atoms with E-state index in [1.165, 1.54) is 0 Å². The molecule has 0 bridgehead atoms. The maximum absolute atomic E-state index is 10.9. The molecule has 0 radical (unpaired) electrons. The van der Waals surface area contributed by atoms with Crippen molar-refractivity contribution in [3.8, 4) is 0 Å². The molecule has 88 valence electrons. The normalized spacial score (nSPS) is 12.2. The summed E-state index contributed by atoms with van der Waals surface area (Å²) in [6.07, 6.45) is 0. The Morgan fingerprint density at radius 1 is 1.50 bits per heavy atom. The monoisotopic (exact) mass is 261 g/mol. The first-order valence-corrected chi connectivity index (χ1v) is 5.67. The zero-order valence-electron chi connectivity index (χ0n) is 9.08. The van der Waals surface area contributed by atoms with Crippen LogP contribution < -0.4 is 4.90 Å². The van der Waals surface area contributed by atoms with E-state index < -0.39 is 12.0 Å².